The van der Waals surface area contributed by atoms with E-state index in [1.54, 1.807) is 43.4 Å². The SMILES string of the molecule is CN(Cc1ccccc1)C(=O)COC(=O)c1ccccc1Oc1ccccc1. The molecule has 0 atom stereocenters. The van der Waals surface area contributed by atoms with Gasteiger partial charge in [-0.1, -0.05) is 60.7 Å². The zero-order valence-corrected chi connectivity index (χ0v) is 15.6. The quantitative estimate of drug-likeness (QED) is 0.578. The molecule has 5 heteroatoms. The summed E-state index contributed by atoms with van der Waals surface area (Å²) in [6, 6.07) is 25.6. The summed E-state index contributed by atoms with van der Waals surface area (Å²) < 4.78 is 11.0. The Kier molecular flexibility index (Phi) is 6.41. The lowest BCUT2D eigenvalue weighted by Crippen LogP contribution is -2.30. The van der Waals surface area contributed by atoms with Crippen LogP contribution in [0, 0.1) is 0 Å². The van der Waals surface area contributed by atoms with Gasteiger partial charge in [0.2, 0.25) is 0 Å². The highest BCUT2D eigenvalue weighted by Crippen LogP contribution is 2.25. The van der Waals surface area contributed by atoms with Crippen LogP contribution in [0.2, 0.25) is 0 Å². The zero-order valence-electron chi connectivity index (χ0n) is 15.6. The monoisotopic (exact) mass is 375 g/mol. The Labute approximate surface area is 164 Å². The smallest absolute Gasteiger partial charge is 0.342 e. The van der Waals surface area contributed by atoms with Crippen LogP contribution < -0.4 is 4.74 Å². The molecule has 0 saturated carbocycles. The van der Waals surface area contributed by atoms with Gasteiger partial charge in [-0.05, 0) is 29.8 Å². The number of hydrogen-bond acceptors (Lipinski definition) is 4. The molecule has 0 aliphatic carbocycles. The number of likely N-dealkylation sites (N-methyl/N-ethyl adjacent to an activating group) is 1. The standard InChI is InChI=1S/C23H21NO4/c1-24(16-18-10-4-2-5-11-18)22(25)17-27-23(26)20-14-8-9-15-21(20)28-19-12-6-3-7-13-19/h2-15H,16-17H2,1H3. The molecule has 0 fully saturated rings. The van der Waals surface area contributed by atoms with Gasteiger partial charge in [-0.2, -0.15) is 0 Å². The lowest BCUT2D eigenvalue weighted by Gasteiger charge is -2.17. The van der Waals surface area contributed by atoms with Gasteiger partial charge in [-0.3, -0.25) is 4.79 Å². The van der Waals surface area contributed by atoms with Crippen molar-refractivity contribution in [2.45, 2.75) is 6.54 Å². The number of carbonyl (C=O) groups is 2. The van der Waals surface area contributed by atoms with E-state index in [0.717, 1.165) is 5.56 Å². The third-order valence-electron chi connectivity index (χ3n) is 4.09. The number of benzene rings is 3. The largest absolute Gasteiger partial charge is 0.456 e. The van der Waals surface area contributed by atoms with Crippen LogP contribution in [0.3, 0.4) is 0 Å². The molecule has 0 unspecified atom stereocenters. The maximum Gasteiger partial charge on any atom is 0.342 e. The third-order valence-corrected chi connectivity index (χ3v) is 4.09. The molecule has 0 spiro atoms. The lowest BCUT2D eigenvalue weighted by molar-refractivity contribution is -0.133. The second-order valence-corrected chi connectivity index (χ2v) is 6.22. The lowest BCUT2D eigenvalue weighted by atomic mass is 10.2. The third kappa shape index (κ3) is 5.20. The number of carbonyl (C=O) groups excluding carboxylic acids is 2. The predicted molar refractivity (Wildman–Crippen MR) is 106 cm³/mol. The second kappa shape index (κ2) is 9.37. The van der Waals surface area contributed by atoms with Crippen molar-refractivity contribution in [3.8, 4) is 11.5 Å². The summed E-state index contributed by atoms with van der Waals surface area (Å²) in [5.41, 5.74) is 1.27. The number of rotatable bonds is 7. The first-order chi connectivity index (χ1) is 13.6. The van der Waals surface area contributed by atoms with Gasteiger partial charge in [0, 0.05) is 13.6 Å². The first-order valence-electron chi connectivity index (χ1n) is 8.90. The molecule has 0 bridgehead atoms. The summed E-state index contributed by atoms with van der Waals surface area (Å²) in [5, 5.41) is 0. The predicted octanol–water partition coefficient (Wildman–Crippen LogP) is 4.29. The average Bonchev–Trinajstić information content (AvgIpc) is 2.73. The Balaban J connectivity index is 1.59. The molecule has 142 valence electrons. The van der Waals surface area contributed by atoms with Gasteiger partial charge < -0.3 is 14.4 Å². The van der Waals surface area contributed by atoms with Crippen LogP contribution in [-0.4, -0.2) is 30.4 Å². The molecule has 0 aromatic heterocycles. The molecule has 1 amide bonds. The highest BCUT2D eigenvalue weighted by molar-refractivity contribution is 5.94. The van der Waals surface area contributed by atoms with Crippen LogP contribution in [0.4, 0.5) is 0 Å². The van der Waals surface area contributed by atoms with Crippen molar-refractivity contribution in [3.63, 3.8) is 0 Å². The fourth-order valence-corrected chi connectivity index (χ4v) is 2.60. The second-order valence-electron chi connectivity index (χ2n) is 6.22. The summed E-state index contributed by atoms with van der Waals surface area (Å²) in [7, 11) is 1.68. The molecule has 0 N–H and O–H groups in total. The summed E-state index contributed by atoms with van der Waals surface area (Å²) in [5.74, 6) is 0.108. The van der Waals surface area contributed by atoms with Crippen LogP contribution in [-0.2, 0) is 16.1 Å². The molecule has 0 radical (unpaired) electrons. The Morgan fingerprint density at radius 2 is 1.43 bits per heavy atom. The summed E-state index contributed by atoms with van der Waals surface area (Å²) >= 11 is 0. The van der Waals surface area contributed by atoms with Gasteiger partial charge in [-0.15, -0.1) is 0 Å². The minimum atomic E-state index is -0.604. The normalized spacial score (nSPS) is 10.2. The Morgan fingerprint density at radius 3 is 2.14 bits per heavy atom. The molecule has 28 heavy (non-hydrogen) atoms. The summed E-state index contributed by atoms with van der Waals surface area (Å²) in [6.45, 7) is 0.118. The molecule has 3 aromatic rings. The molecule has 5 nitrogen and oxygen atoms in total. The number of para-hydroxylation sites is 2. The van der Waals surface area contributed by atoms with E-state index >= 15 is 0 Å². The number of ether oxygens (including phenoxy) is 2. The van der Waals surface area contributed by atoms with E-state index in [9.17, 15) is 9.59 Å². The fraction of sp³-hybridized carbons (Fsp3) is 0.130. The zero-order chi connectivity index (χ0) is 19.8. The van der Waals surface area contributed by atoms with Crippen molar-refractivity contribution in [2.24, 2.45) is 0 Å². The highest BCUT2D eigenvalue weighted by atomic mass is 16.5. The maximum absolute atomic E-state index is 12.5. The van der Waals surface area contributed by atoms with Gasteiger partial charge in [0.1, 0.15) is 17.1 Å². The first-order valence-corrected chi connectivity index (χ1v) is 8.90. The van der Waals surface area contributed by atoms with Crippen molar-refractivity contribution in [2.75, 3.05) is 13.7 Å². The van der Waals surface area contributed by atoms with Gasteiger partial charge in [0.15, 0.2) is 6.61 Å². The molecular weight excluding hydrogens is 354 g/mol. The molecule has 0 saturated heterocycles. The maximum atomic E-state index is 12.5. The van der Waals surface area contributed by atoms with E-state index < -0.39 is 5.97 Å². The summed E-state index contributed by atoms with van der Waals surface area (Å²) in [6.07, 6.45) is 0. The average molecular weight is 375 g/mol. The van der Waals surface area contributed by atoms with E-state index in [4.69, 9.17) is 9.47 Å². The van der Waals surface area contributed by atoms with Crippen LogP contribution in [0.5, 0.6) is 11.5 Å². The Bertz CT molecular complexity index is 926. The number of hydrogen-bond donors (Lipinski definition) is 0. The molecular formula is C23H21NO4. The topological polar surface area (TPSA) is 55.8 Å². The molecule has 0 aliphatic rings. The minimum absolute atomic E-state index is 0.268. The minimum Gasteiger partial charge on any atom is -0.456 e. The molecule has 0 aliphatic heterocycles. The van der Waals surface area contributed by atoms with Gasteiger partial charge in [-0.25, -0.2) is 4.79 Å². The van der Waals surface area contributed by atoms with E-state index in [0.29, 0.717) is 18.0 Å². The van der Waals surface area contributed by atoms with Crippen LogP contribution in [0.15, 0.2) is 84.9 Å². The number of nitrogens with zero attached hydrogens (tertiary/aromatic N) is 1. The fourth-order valence-electron chi connectivity index (χ4n) is 2.60. The van der Waals surface area contributed by atoms with E-state index in [1.807, 2.05) is 48.5 Å². The number of amides is 1. The van der Waals surface area contributed by atoms with Crippen LogP contribution >= 0.6 is 0 Å². The van der Waals surface area contributed by atoms with Crippen LogP contribution in [0.1, 0.15) is 15.9 Å². The summed E-state index contributed by atoms with van der Waals surface area (Å²) in [4.78, 5) is 26.3. The van der Waals surface area contributed by atoms with Crippen molar-refractivity contribution in [1.29, 1.82) is 0 Å². The Hall–Kier alpha value is -3.60. The van der Waals surface area contributed by atoms with Crippen molar-refractivity contribution in [1.82, 2.24) is 4.90 Å². The van der Waals surface area contributed by atoms with E-state index in [-0.39, 0.29) is 18.1 Å². The van der Waals surface area contributed by atoms with Crippen molar-refractivity contribution < 1.29 is 19.1 Å². The highest BCUT2D eigenvalue weighted by Gasteiger charge is 2.17. The Morgan fingerprint density at radius 1 is 0.821 bits per heavy atom. The first kappa shape index (κ1) is 19.2. The molecule has 3 rings (SSSR count). The van der Waals surface area contributed by atoms with E-state index in [1.165, 1.54) is 4.90 Å². The van der Waals surface area contributed by atoms with Crippen molar-refractivity contribution >= 4 is 11.9 Å². The van der Waals surface area contributed by atoms with E-state index in [2.05, 4.69) is 0 Å². The number of esters is 1. The van der Waals surface area contributed by atoms with Gasteiger partial charge >= 0.3 is 5.97 Å². The molecule has 0 heterocycles. The van der Waals surface area contributed by atoms with Crippen molar-refractivity contribution in [3.05, 3.63) is 96.1 Å². The van der Waals surface area contributed by atoms with Gasteiger partial charge in [0.05, 0.1) is 0 Å². The van der Waals surface area contributed by atoms with Gasteiger partial charge in [0.25, 0.3) is 5.91 Å². The molecule has 3 aromatic carbocycles. The van der Waals surface area contributed by atoms with Crippen LogP contribution in [0.25, 0.3) is 0 Å².